The van der Waals surface area contributed by atoms with Crippen LogP contribution in [0.15, 0.2) is 30.3 Å². The van der Waals surface area contributed by atoms with E-state index in [9.17, 15) is 5.11 Å². The van der Waals surface area contributed by atoms with Crippen molar-refractivity contribution in [2.45, 2.75) is 24.1 Å². The summed E-state index contributed by atoms with van der Waals surface area (Å²) in [6.07, 6.45) is 2.08. The van der Waals surface area contributed by atoms with Crippen molar-refractivity contribution in [3.8, 4) is 0 Å². The number of aliphatic hydroxyl groups is 1. The van der Waals surface area contributed by atoms with Gasteiger partial charge in [-0.2, -0.15) is 11.8 Å². The molecule has 1 aliphatic heterocycles. The lowest BCUT2D eigenvalue weighted by atomic mass is 9.90. The second-order valence-corrected chi connectivity index (χ2v) is 5.84. The number of likely N-dealkylation sites (tertiary alicyclic amines) is 1. The molecule has 94 valence electrons. The van der Waals surface area contributed by atoms with Gasteiger partial charge in [-0.05, 0) is 18.7 Å². The Hall–Kier alpha value is -0.510. The number of hydrogen-bond acceptors (Lipinski definition) is 3. The van der Waals surface area contributed by atoms with Gasteiger partial charge >= 0.3 is 0 Å². The molecule has 0 spiro atoms. The summed E-state index contributed by atoms with van der Waals surface area (Å²) < 4.78 is 0. The van der Waals surface area contributed by atoms with Gasteiger partial charge in [0.25, 0.3) is 0 Å². The minimum Gasteiger partial charge on any atom is -0.395 e. The molecule has 0 saturated carbocycles. The number of benzene rings is 1. The fraction of sp³-hybridized carbons (Fsp3) is 0.571. The smallest absolute Gasteiger partial charge is 0.0565 e. The second-order valence-electron chi connectivity index (χ2n) is 4.76. The van der Waals surface area contributed by atoms with Crippen LogP contribution >= 0.6 is 11.8 Å². The zero-order valence-electron chi connectivity index (χ0n) is 10.5. The van der Waals surface area contributed by atoms with Crippen LogP contribution in [0.2, 0.25) is 0 Å². The first-order valence-electron chi connectivity index (χ1n) is 6.19. The molecule has 0 aromatic heterocycles. The van der Waals surface area contributed by atoms with E-state index in [-0.39, 0.29) is 6.61 Å². The number of rotatable bonds is 5. The van der Waals surface area contributed by atoms with E-state index in [1.165, 1.54) is 5.56 Å². The maximum atomic E-state index is 9.30. The average molecular weight is 251 g/mol. The zero-order valence-corrected chi connectivity index (χ0v) is 11.4. The van der Waals surface area contributed by atoms with E-state index in [4.69, 9.17) is 0 Å². The van der Waals surface area contributed by atoms with E-state index >= 15 is 0 Å². The summed E-state index contributed by atoms with van der Waals surface area (Å²) in [4.78, 5) is 2.47. The first-order chi connectivity index (χ1) is 8.26. The van der Waals surface area contributed by atoms with Gasteiger partial charge in [0, 0.05) is 30.3 Å². The summed E-state index contributed by atoms with van der Waals surface area (Å²) in [5.41, 5.74) is 1.45. The van der Waals surface area contributed by atoms with Crippen LogP contribution < -0.4 is 0 Å². The largest absolute Gasteiger partial charge is 0.395 e. The van der Waals surface area contributed by atoms with Gasteiger partial charge in [-0.3, -0.25) is 4.90 Å². The minimum absolute atomic E-state index is 0.273. The van der Waals surface area contributed by atoms with E-state index in [1.807, 2.05) is 0 Å². The summed E-state index contributed by atoms with van der Waals surface area (Å²) >= 11 is 1.76. The Kier molecular flexibility index (Phi) is 4.48. The van der Waals surface area contributed by atoms with Crippen molar-refractivity contribution in [2.75, 3.05) is 26.0 Å². The molecule has 0 amide bonds. The molecule has 2 unspecified atom stereocenters. The third kappa shape index (κ3) is 2.84. The summed E-state index contributed by atoms with van der Waals surface area (Å²) in [6, 6.07) is 11.2. The van der Waals surface area contributed by atoms with Gasteiger partial charge < -0.3 is 5.11 Å². The molecule has 17 heavy (non-hydrogen) atoms. The molecular weight excluding hydrogens is 230 g/mol. The van der Waals surface area contributed by atoms with Crippen molar-refractivity contribution in [1.82, 2.24) is 4.90 Å². The van der Waals surface area contributed by atoms with Gasteiger partial charge in [-0.1, -0.05) is 30.3 Å². The highest BCUT2D eigenvalue weighted by Gasteiger charge is 2.33. The second kappa shape index (κ2) is 5.89. The third-order valence-corrected chi connectivity index (χ3v) is 4.93. The molecule has 2 atom stereocenters. The Balaban J connectivity index is 1.86. The Bertz CT molecular complexity index is 333. The molecule has 1 aromatic carbocycles. The number of hydrogen-bond donors (Lipinski definition) is 1. The van der Waals surface area contributed by atoms with Crippen LogP contribution in [-0.2, 0) is 0 Å². The normalized spacial score (nSPS) is 20.9. The fourth-order valence-corrected chi connectivity index (χ4v) is 3.16. The monoisotopic (exact) mass is 251 g/mol. The molecule has 1 aromatic rings. The molecule has 0 radical (unpaired) electrons. The van der Waals surface area contributed by atoms with Crippen LogP contribution in [0, 0.1) is 0 Å². The summed E-state index contributed by atoms with van der Waals surface area (Å²) in [7, 11) is 0. The van der Waals surface area contributed by atoms with E-state index < -0.39 is 0 Å². The predicted molar refractivity (Wildman–Crippen MR) is 74.6 cm³/mol. The molecular formula is C14H21NOS. The van der Waals surface area contributed by atoms with E-state index in [0.717, 1.165) is 13.1 Å². The van der Waals surface area contributed by atoms with Gasteiger partial charge in [-0.25, -0.2) is 0 Å². The molecule has 0 aliphatic carbocycles. The molecule has 2 nitrogen and oxygen atoms in total. The molecule has 1 N–H and O–H groups in total. The molecule has 2 rings (SSSR count). The summed E-state index contributed by atoms with van der Waals surface area (Å²) in [5.74, 6) is 0.680. The molecule has 1 heterocycles. The lowest BCUT2D eigenvalue weighted by molar-refractivity contribution is 0.0877. The summed E-state index contributed by atoms with van der Waals surface area (Å²) in [6.45, 7) is 4.75. The van der Waals surface area contributed by atoms with E-state index in [2.05, 4.69) is 48.4 Å². The van der Waals surface area contributed by atoms with E-state index in [1.54, 1.807) is 11.8 Å². The Morgan fingerprint density at radius 1 is 1.35 bits per heavy atom. The molecule has 1 saturated heterocycles. The van der Waals surface area contributed by atoms with Crippen molar-refractivity contribution in [2.24, 2.45) is 0 Å². The first-order valence-corrected chi connectivity index (χ1v) is 7.47. The molecule has 0 bridgehead atoms. The van der Waals surface area contributed by atoms with Crippen LogP contribution in [-0.4, -0.2) is 47.3 Å². The van der Waals surface area contributed by atoms with Crippen molar-refractivity contribution in [3.63, 3.8) is 0 Å². The molecule has 1 fully saturated rings. The van der Waals surface area contributed by atoms with Crippen molar-refractivity contribution < 1.29 is 5.11 Å². The lowest BCUT2D eigenvalue weighted by Gasteiger charge is -2.45. The lowest BCUT2D eigenvalue weighted by Crippen LogP contribution is -2.53. The van der Waals surface area contributed by atoms with Crippen LogP contribution in [0.3, 0.4) is 0 Å². The fourth-order valence-electron chi connectivity index (χ4n) is 2.44. The highest BCUT2D eigenvalue weighted by molar-refractivity contribution is 7.99. The van der Waals surface area contributed by atoms with Gasteiger partial charge in [0.05, 0.1) is 6.61 Å². The highest BCUT2D eigenvalue weighted by atomic mass is 32.2. The average Bonchev–Trinajstić information content (AvgIpc) is 2.30. The van der Waals surface area contributed by atoms with Gasteiger partial charge in [0.2, 0.25) is 0 Å². The van der Waals surface area contributed by atoms with Crippen molar-refractivity contribution >= 4 is 11.8 Å². The SMILES string of the molecule is CSC(CO)C(C)N1CC(c2ccccc2)C1. The molecule has 1 aliphatic rings. The van der Waals surface area contributed by atoms with Crippen molar-refractivity contribution in [3.05, 3.63) is 35.9 Å². The maximum Gasteiger partial charge on any atom is 0.0565 e. The summed E-state index contributed by atoms with van der Waals surface area (Å²) in [5, 5.41) is 9.64. The molecule has 3 heteroatoms. The van der Waals surface area contributed by atoms with Gasteiger partial charge in [-0.15, -0.1) is 0 Å². The maximum absolute atomic E-state index is 9.30. The first kappa shape index (κ1) is 12.9. The standard InChI is InChI=1S/C14H21NOS/c1-11(14(10-16)17-2)15-8-13(9-15)12-6-4-3-5-7-12/h3-7,11,13-14,16H,8-10H2,1-2H3. The highest BCUT2D eigenvalue weighted by Crippen LogP contribution is 2.30. The minimum atomic E-state index is 0.273. The van der Waals surface area contributed by atoms with Crippen LogP contribution in [0.1, 0.15) is 18.4 Å². The van der Waals surface area contributed by atoms with Gasteiger partial charge in [0.1, 0.15) is 0 Å². The Labute approximate surface area is 108 Å². The number of aliphatic hydroxyl groups excluding tert-OH is 1. The number of thioether (sulfide) groups is 1. The van der Waals surface area contributed by atoms with Crippen LogP contribution in [0.5, 0.6) is 0 Å². The number of nitrogens with zero attached hydrogens (tertiary/aromatic N) is 1. The zero-order chi connectivity index (χ0) is 12.3. The van der Waals surface area contributed by atoms with Gasteiger partial charge in [0.15, 0.2) is 0 Å². The predicted octanol–water partition coefficient (Wildman–Crippen LogP) is 2.20. The Morgan fingerprint density at radius 3 is 2.53 bits per heavy atom. The van der Waals surface area contributed by atoms with Crippen LogP contribution in [0.4, 0.5) is 0 Å². The quantitative estimate of drug-likeness (QED) is 0.868. The Morgan fingerprint density at radius 2 is 2.00 bits per heavy atom. The topological polar surface area (TPSA) is 23.5 Å². The van der Waals surface area contributed by atoms with Crippen LogP contribution in [0.25, 0.3) is 0 Å². The van der Waals surface area contributed by atoms with Crippen molar-refractivity contribution in [1.29, 1.82) is 0 Å². The van der Waals surface area contributed by atoms with E-state index in [0.29, 0.717) is 17.2 Å². The third-order valence-electron chi connectivity index (χ3n) is 3.78.